The van der Waals surface area contributed by atoms with E-state index in [1.54, 1.807) is 67.6 Å². The minimum atomic E-state index is -0.766. The number of hydrogen-bond donors (Lipinski definition) is 1. The van der Waals surface area contributed by atoms with Gasteiger partial charge in [0.05, 0.1) is 18.9 Å². The van der Waals surface area contributed by atoms with Crippen LogP contribution in [0.3, 0.4) is 0 Å². The number of esters is 1. The van der Waals surface area contributed by atoms with E-state index in [4.69, 9.17) is 25.8 Å². The Morgan fingerprint density at radius 3 is 2.52 bits per heavy atom. The molecule has 1 atom stereocenters. The molecule has 0 radical (unpaired) electrons. The number of halogens is 2. The van der Waals surface area contributed by atoms with Gasteiger partial charge in [-0.3, -0.25) is 4.79 Å². The molecule has 0 saturated carbocycles. The van der Waals surface area contributed by atoms with Gasteiger partial charge in [0, 0.05) is 9.50 Å². The van der Waals surface area contributed by atoms with E-state index in [1.807, 2.05) is 6.07 Å². The number of carbonyl (C=O) groups excluding carboxylic acids is 2. The first-order chi connectivity index (χ1) is 15.9. The average Bonchev–Trinajstić information content (AvgIpc) is 2.81. The molecule has 0 fully saturated rings. The standard InChI is InChI=1S/C24H20BrClN2O5/c1-15(32-20-9-7-19(26)8-10-20)23(29)28-27-14-16-6-11-21(22(12-16)31-2)33-24(30)17-4-3-5-18(25)13-17/h3-15H,1-2H3,(H,28,29)/b27-14+. The van der Waals surface area contributed by atoms with Gasteiger partial charge in [-0.2, -0.15) is 5.10 Å². The summed E-state index contributed by atoms with van der Waals surface area (Å²) in [6.07, 6.45) is 0.674. The van der Waals surface area contributed by atoms with Crippen LogP contribution in [0, 0.1) is 0 Å². The van der Waals surface area contributed by atoms with Crippen molar-refractivity contribution in [2.24, 2.45) is 5.10 Å². The molecule has 1 N–H and O–H groups in total. The molecule has 0 aromatic heterocycles. The Bertz CT molecular complexity index is 1170. The van der Waals surface area contributed by atoms with E-state index in [1.165, 1.54) is 13.3 Å². The van der Waals surface area contributed by atoms with Gasteiger partial charge < -0.3 is 14.2 Å². The molecule has 3 aromatic carbocycles. The maximum absolute atomic E-state index is 12.4. The van der Waals surface area contributed by atoms with Crippen molar-refractivity contribution in [3.63, 3.8) is 0 Å². The average molecular weight is 532 g/mol. The number of rotatable bonds is 8. The maximum atomic E-state index is 12.4. The summed E-state index contributed by atoms with van der Waals surface area (Å²) >= 11 is 9.16. The lowest BCUT2D eigenvalue weighted by atomic mass is 10.2. The number of carbonyl (C=O) groups is 2. The number of ether oxygens (including phenoxy) is 3. The Balaban J connectivity index is 1.60. The first-order valence-electron chi connectivity index (χ1n) is 9.76. The van der Waals surface area contributed by atoms with Gasteiger partial charge in [-0.25, -0.2) is 10.2 Å². The third kappa shape index (κ3) is 7.06. The van der Waals surface area contributed by atoms with Crippen LogP contribution in [0.4, 0.5) is 0 Å². The molecule has 1 unspecified atom stereocenters. The van der Waals surface area contributed by atoms with Crippen LogP contribution in [-0.4, -0.2) is 31.3 Å². The van der Waals surface area contributed by atoms with Gasteiger partial charge >= 0.3 is 5.97 Å². The number of benzene rings is 3. The summed E-state index contributed by atoms with van der Waals surface area (Å²) in [5, 5.41) is 4.52. The molecule has 170 valence electrons. The monoisotopic (exact) mass is 530 g/mol. The molecule has 3 aromatic rings. The highest BCUT2D eigenvalue weighted by atomic mass is 79.9. The molecule has 9 heteroatoms. The SMILES string of the molecule is COc1cc(/C=N/NC(=O)C(C)Oc2ccc(Cl)cc2)ccc1OC(=O)c1cccc(Br)c1. The van der Waals surface area contributed by atoms with E-state index in [-0.39, 0.29) is 5.75 Å². The smallest absolute Gasteiger partial charge is 0.343 e. The van der Waals surface area contributed by atoms with Crippen molar-refractivity contribution in [3.8, 4) is 17.2 Å². The van der Waals surface area contributed by atoms with Gasteiger partial charge in [0.1, 0.15) is 5.75 Å². The Morgan fingerprint density at radius 2 is 1.82 bits per heavy atom. The summed E-state index contributed by atoms with van der Waals surface area (Å²) in [4.78, 5) is 24.6. The van der Waals surface area contributed by atoms with Crippen molar-refractivity contribution < 1.29 is 23.8 Å². The van der Waals surface area contributed by atoms with E-state index < -0.39 is 18.0 Å². The lowest BCUT2D eigenvalue weighted by molar-refractivity contribution is -0.127. The van der Waals surface area contributed by atoms with Crippen LogP contribution in [0.2, 0.25) is 5.02 Å². The lowest BCUT2D eigenvalue weighted by Gasteiger charge is -2.13. The summed E-state index contributed by atoms with van der Waals surface area (Å²) < 4.78 is 17.1. The van der Waals surface area contributed by atoms with E-state index in [0.29, 0.717) is 27.6 Å². The number of methoxy groups -OCH3 is 1. The lowest BCUT2D eigenvalue weighted by Crippen LogP contribution is -2.33. The predicted molar refractivity (Wildman–Crippen MR) is 129 cm³/mol. The molecule has 3 rings (SSSR count). The zero-order valence-electron chi connectivity index (χ0n) is 17.7. The zero-order valence-corrected chi connectivity index (χ0v) is 20.1. The van der Waals surface area contributed by atoms with Crippen LogP contribution < -0.4 is 19.6 Å². The second kappa shape index (κ2) is 11.5. The van der Waals surface area contributed by atoms with Gasteiger partial charge in [-0.05, 0) is 73.2 Å². The van der Waals surface area contributed by atoms with Crippen LogP contribution in [0.1, 0.15) is 22.8 Å². The van der Waals surface area contributed by atoms with Crippen molar-refractivity contribution in [2.75, 3.05) is 7.11 Å². The van der Waals surface area contributed by atoms with Gasteiger partial charge in [-0.15, -0.1) is 0 Å². The Hall–Kier alpha value is -3.36. The minimum absolute atomic E-state index is 0.258. The largest absolute Gasteiger partial charge is 0.493 e. The number of nitrogens with one attached hydrogen (secondary N) is 1. The zero-order chi connectivity index (χ0) is 23.8. The van der Waals surface area contributed by atoms with Gasteiger partial charge in [-0.1, -0.05) is 33.6 Å². The molecule has 0 saturated heterocycles. The molecule has 1 amide bonds. The highest BCUT2D eigenvalue weighted by Gasteiger charge is 2.15. The Morgan fingerprint density at radius 1 is 1.06 bits per heavy atom. The highest BCUT2D eigenvalue weighted by Crippen LogP contribution is 2.28. The predicted octanol–water partition coefficient (Wildman–Crippen LogP) is 5.25. The number of amides is 1. The molecule has 0 spiro atoms. The summed E-state index contributed by atoms with van der Waals surface area (Å²) in [5.41, 5.74) is 3.45. The normalized spacial score (nSPS) is 11.6. The second-order valence-corrected chi connectivity index (χ2v) is 8.11. The quantitative estimate of drug-likeness (QED) is 0.186. The van der Waals surface area contributed by atoms with Crippen LogP contribution in [0.25, 0.3) is 0 Å². The third-order valence-corrected chi connectivity index (χ3v) is 5.08. The Kier molecular flexibility index (Phi) is 8.46. The van der Waals surface area contributed by atoms with Crippen molar-refractivity contribution in [1.29, 1.82) is 0 Å². The number of hydrogen-bond acceptors (Lipinski definition) is 6. The molecule has 0 bridgehead atoms. The fourth-order valence-electron chi connectivity index (χ4n) is 2.66. The maximum Gasteiger partial charge on any atom is 0.343 e. The van der Waals surface area contributed by atoms with Gasteiger partial charge in [0.15, 0.2) is 17.6 Å². The van der Waals surface area contributed by atoms with Crippen LogP contribution in [0.5, 0.6) is 17.2 Å². The fourth-order valence-corrected chi connectivity index (χ4v) is 3.18. The summed E-state index contributed by atoms with van der Waals surface area (Å²) in [6.45, 7) is 1.61. The number of nitrogens with zero attached hydrogens (tertiary/aromatic N) is 1. The molecule has 7 nitrogen and oxygen atoms in total. The molecular weight excluding hydrogens is 512 g/mol. The summed E-state index contributed by atoms with van der Waals surface area (Å²) in [6, 6.07) is 18.5. The molecule has 0 aliphatic heterocycles. The summed E-state index contributed by atoms with van der Waals surface area (Å²) in [7, 11) is 1.46. The Labute approximate surface area is 204 Å². The first kappa shape index (κ1) is 24.3. The van der Waals surface area contributed by atoms with E-state index >= 15 is 0 Å². The minimum Gasteiger partial charge on any atom is -0.493 e. The van der Waals surface area contributed by atoms with Crippen LogP contribution >= 0.6 is 27.5 Å². The van der Waals surface area contributed by atoms with Crippen molar-refractivity contribution in [2.45, 2.75) is 13.0 Å². The molecule has 0 aliphatic rings. The van der Waals surface area contributed by atoms with Crippen LogP contribution in [0.15, 0.2) is 76.3 Å². The molecule has 0 heterocycles. The summed E-state index contributed by atoms with van der Waals surface area (Å²) in [5.74, 6) is 0.177. The number of hydrazone groups is 1. The highest BCUT2D eigenvalue weighted by molar-refractivity contribution is 9.10. The topological polar surface area (TPSA) is 86.2 Å². The van der Waals surface area contributed by atoms with Crippen molar-refractivity contribution in [1.82, 2.24) is 5.43 Å². The van der Waals surface area contributed by atoms with Crippen molar-refractivity contribution in [3.05, 3.63) is 87.4 Å². The third-order valence-electron chi connectivity index (χ3n) is 4.33. The first-order valence-corrected chi connectivity index (χ1v) is 10.9. The second-order valence-electron chi connectivity index (χ2n) is 6.76. The van der Waals surface area contributed by atoms with Crippen LogP contribution in [-0.2, 0) is 4.79 Å². The molecule has 0 aliphatic carbocycles. The van der Waals surface area contributed by atoms with E-state index in [9.17, 15) is 9.59 Å². The van der Waals surface area contributed by atoms with Gasteiger partial charge in [0.25, 0.3) is 5.91 Å². The van der Waals surface area contributed by atoms with Crippen molar-refractivity contribution >= 4 is 45.6 Å². The van der Waals surface area contributed by atoms with E-state index in [2.05, 4.69) is 26.5 Å². The molecule has 33 heavy (non-hydrogen) atoms. The fraction of sp³-hybridized carbons (Fsp3) is 0.125. The van der Waals surface area contributed by atoms with Gasteiger partial charge in [0.2, 0.25) is 0 Å². The van der Waals surface area contributed by atoms with E-state index in [0.717, 1.165) is 4.47 Å². The molecular formula is C24H20BrClN2O5.